The van der Waals surface area contributed by atoms with E-state index in [0.29, 0.717) is 10.6 Å². The van der Waals surface area contributed by atoms with Gasteiger partial charge >= 0.3 is 0 Å². The van der Waals surface area contributed by atoms with Gasteiger partial charge in [0.1, 0.15) is 12.4 Å². The minimum Gasteiger partial charge on any atom is -0.216 e. The summed E-state index contributed by atoms with van der Waals surface area (Å²) < 4.78 is 4.76. The van der Waals surface area contributed by atoms with Gasteiger partial charge in [0.15, 0.2) is 4.34 Å². The van der Waals surface area contributed by atoms with Gasteiger partial charge in [0.2, 0.25) is 0 Å². The monoisotopic (exact) mass is 253 g/mol. The zero-order valence-corrected chi connectivity index (χ0v) is 9.73. The Bertz CT molecular complexity index is 505. The number of aromatic nitrogens is 2. The second kappa shape index (κ2) is 4.62. The van der Waals surface area contributed by atoms with E-state index < -0.39 is 0 Å². The average Bonchev–Trinajstić information content (AvgIpc) is 2.71. The maximum atomic E-state index is 8.70. The topological polar surface area (TPSA) is 49.6 Å². The lowest BCUT2D eigenvalue weighted by Crippen LogP contribution is -1.78. The highest BCUT2D eigenvalue weighted by Crippen LogP contribution is 2.30. The highest BCUT2D eigenvalue weighted by Gasteiger charge is 2.04. The molecule has 15 heavy (non-hydrogen) atoms. The van der Waals surface area contributed by atoms with Crippen LogP contribution in [0.1, 0.15) is 5.56 Å². The molecule has 0 bridgehead atoms. The van der Waals surface area contributed by atoms with Crippen molar-refractivity contribution in [3.63, 3.8) is 0 Å². The van der Waals surface area contributed by atoms with Crippen molar-refractivity contribution in [3.05, 3.63) is 35.1 Å². The summed E-state index contributed by atoms with van der Waals surface area (Å²) in [5.74, 6) is 0. The fraction of sp³-hybridized carbons (Fsp3) is 0. The number of hydrogen-bond donors (Lipinski definition) is 0. The van der Waals surface area contributed by atoms with Crippen LogP contribution in [0, 0.1) is 11.3 Å². The zero-order chi connectivity index (χ0) is 10.7. The van der Waals surface area contributed by atoms with Crippen LogP contribution in [-0.2, 0) is 0 Å². The Morgan fingerprint density at radius 2 is 2.33 bits per heavy atom. The van der Waals surface area contributed by atoms with E-state index >= 15 is 0 Å². The van der Waals surface area contributed by atoms with E-state index in [1.165, 1.54) is 29.6 Å². The van der Waals surface area contributed by atoms with Gasteiger partial charge in [-0.25, -0.2) is 4.98 Å². The average molecular weight is 254 g/mol. The first-order valence-corrected chi connectivity index (χ1v) is 5.90. The van der Waals surface area contributed by atoms with E-state index in [4.69, 9.17) is 16.9 Å². The van der Waals surface area contributed by atoms with Crippen LogP contribution in [0.25, 0.3) is 0 Å². The number of benzene rings is 1. The van der Waals surface area contributed by atoms with Crippen LogP contribution in [0.2, 0.25) is 5.02 Å². The molecule has 0 fully saturated rings. The second-order valence-electron chi connectivity index (χ2n) is 2.56. The molecule has 0 saturated carbocycles. The van der Waals surface area contributed by atoms with Gasteiger partial charge in [-0.2, -0.15) is 9.64 Å². The summed E-state index contributed by atoms with van der Waals surface area (Å²) in [4.78, 5) is 5.00. The Kier molecular flexibility index (Phi) is 3.21. The molecule has 0 spiro atoms. The van der Waals surface area contributed by atoms with Gasteiger partial charge in [-0.3, -0.25) is 0 Å². The molecule has 0 aliphatic heterocycles. The molecule has 1 heterocycles. The Morgan fingerprint density at radius 1 is 1.47 bits per heavy atom. The fourth-order valence-corrected chi connectivity index (χ4v) is 2.71. The van der Waals surface area contributed by atoms with Crippen molar-refractivity contribution in [2.24, 2.45) is 0 Å². The fourth-order valence-electron chi connectivity index (χ4n) is 0.959. The predicted octanol–water partition coefficient (Wildman–Crippen LogP) is 3.21. The van der Waals surface area contributed by atoms with Gasteiger partial charge in [0, 0.05) is 4.90 Å². The number of nitrogens with zero attached hydrogens (tertiary/aromatic N) is 3. The molecule has 0 amide bonds. The smallest absolute Gasteiger partial charge is 0.174 e. The second-order valence-corrected chi connectivity index (χ2v) is 5.07. The van der Waals surface area contributed by atoms with Crippen molar-refractivity contribution in [2.45, 2.75) is 9.24 Å². The number of halogens is 1. The SMILES string of the molecule is N#Cc1ccc(Sc2ncns2)cc1Cl. The predicted molar refractivity (Wildman–Crippen MR) is 60.2 cm³/mol. The van der Waals surface area contributed by atoms with Crippen LogP contribution in [-0.4, -0.2) is 9.36 Å². The van der Waals surface area contributed by atoms with Crippen molar-refractivity contribution in [1.29, 1.82) is 5.26 Å². The summed E-state index contributed by atoms with van der Waals surface area (Å²) >= 11 is 8.71. The molecule has 2 rings (SSSR count). The summed E-state index contributed by atoms with van der Waals surface area (Å²) in [5.41, 5.74) is 0.485. The van der Waals surface area contributed by atoms with Crippen LogP contribution in [0.15, 0.2) is 33.8 Å². The van der Waals surface area contributed by atoms with Crippen molar-refractivity contribution >= 4 is 34.9 Å². The summed E-state index contributed by atoms with van der Waals surface area (Å²) in [6.45, 7) is 0. The molecule has 0 aliphatic rings. The number of rotatable bonds is 2. The number of nitriles is 1. The quantitative estimate of drug-likeness (QED) is 0.825. The summed E-state index contributed by atoms with van der Waals surface area (Å²) in [7, 11) is 0. The first kappa shape index (κ1) is 10.4. The van der Waals surface area contributed by atoms with Crippen LogP contribution in [0.4, 0.5) is 0 Å². The molecule has 0 unspecified atom stereocenters. The standard InChI is InChI=1S/C9H4ClN3S2/c10-8-3-7(2-1-6(8)4-11)14-9-12-5-13-15-9/h1-3,5H. The third-order valence-electron chi connectivity index (χ3n) is 1.61. The van der Waals surface area contributed by atoms with E-state index in [-0.39, 0.29) is 0 Å². The van der Waals surface area contributed by atoms with E-state index in [9.17, 15) is 0 Å². The Morgan fingerprint density at radius 3 is 2.93 bits per heavy atom. The van der Waals surface area contributed by atoms with Crippen LogP contribution >= 0.6 is 34.9 Å². The Balaban J connectivity index is 2.24. The minimum atomic E-state index is 0.465. The molecular formula is C9H4ClN3S2. The molecule has 74 valence electrons. The first-order chi connectivity index (χ1) is 7.29. The highest BCUT2D eigenvalue weighted by molar-refractivity contribution is 8.01. The van der Waals surface area contributed by atoms with E-state index in [1.807, 2.05) is 12.1 Å². The summed E-state index contributed by atoms with van der Waals surface area (Å²) in [6.07, 6.45) is 1.51. The van der Waals surface area contributed by atoms with Crippen molar-refractivity contribution in [1.82, 2.24) is 9.36 Å². The molecule has 3 nitrogen and oxygen atoms in total. The van der Waals surface area contributed by atoms with E-state index in [1.54, 1.807) is 12.1 Å². The molecule has 1 aromatic carbocycles. The van der Waals surface area contributed by atoms with Gasteiger partial charge in [0.05, 0.1) is 10.6 Å². The highest BCUT2D eigenvalue weighted by atomic mass is 35.5. The maximum Gasteiger partial charge on any atom is 0.174 e. The van der Waals surface area contributed by atoms with Crippen LogP contribution < -0.4 is 0 Å². The van der Waals surface area contributed by atoms with Gasteiger partial charge < -0.3 is 0 Å². The lowest BCUT2D eigenvalue weighted by Gasteiger charge is -1.99. The molecule has 0 N–H and O–H groups in total. The molecule has 0 saturated heterocycles. The van der Waals surface area contributed by atoms with Crippen molar-refractivity contribution in [3.8, 4) is 6.07 Å². The van der Waals surface area contributed by atoms with Gasteiger partial charge in [0.25, 0.3) is 0 Å². The van der Waals surface area contributed by atoms with Crippen LogP contribution in [0.5, 0.6) is 0 Å². The molecule has 1 aromatic heterocycles. The Hall–Kier alpha value is -1.09. The Labute approximate surface area is 99.9 Å². The van der Waals surface area contributed by atoms with Crippen LogP contribution in [0.3, 0.4) is 0 Å². The molecule has 2 aromatic rings. The first-order valence-electron chi connectivity index (χ1n) is 3.94. The maximum absolute atomic E-state index is 8.70. The van der Waals surface area contributed by atoms with E-state index in [2.05, 4.69) is 9.36 Å². The van der Waals surface area contributed by atoms with E-state index in [0.717, 1.165) is 9.24 Å². The zero-order valence-electron chi connectivity index (χ0n) is 7.35. The third-order valence-corrected chi connectivity index (χ3v) is 3.62. The van der Waals surface area contributed by atoms with Crippen molar-refractivity contribution in [2.75, 3.05) is 0 Å². The third kappa shape index (κ3) is 2.48. The molecule has 0 aliphatic carbocycles. The summed E-state index contributed by atoms with van der Waals surface area (Å²) in [6, 6.07) is 7.31. The molecule has 0 radical (unpaired) electrons. The normalized spacial score (nSPS) is 9.87. The lowest BCUT2D eigenvalue weighted by atomic mass is 10.2. The largest absolute Gasteiger partial charge is 0.216 e. The number of hydrogen-bond acceptors (Lipinski definition) is 5. The van der Waals surface area contributed by atoms with Gasteiger partial charge in [-0.1, -0.05) is 23.4 Å². The van der Waals surface area contributed by atoms with Crippen molar-refractivity contribution < 1.29 is 0 Å². The molecule has 6 heteroatoms. The summed E-state index contributed by atoms with van der Waals surface area (Å²) in [5, 5.41) is 9.17. The molecule has 0 atom stereocenters. The van der Waals surface area contributed by atoms with Gasteiger partial charge in [-0.05, 0) is 29.7 Å². The lowest BCUT2D eigenvalue weighted by molar-refractivity contribution is 1.21. The molecular weight excluding hydrogens is 250 g/mol. The minimum absolute atomic E-state index is 0.465. The van der Waals surface area contributed by atoms with Gasteiger partial charge in [-0.15, -0.1) is 0 Å².